The summed E-state index contributed by atoms with van der Waals surface area (Å²) in [6.45, 7) is 8.45. The molecule has 4 nitrogen and oxygen atoms in total. The first-order valence-corrected chi connectivity index (χ1v) is 6.22. The van der Waals surface area contributed by atoms with Gasteiger partial charge in [-0.1, -0.05) is 0 Å². The van der Waals surface area contributed by atoms with Gasteiger partial charge in [0.1, 0.15) is 0 Å². The number of hydrogen-bond donors (Lipinski definition) is 2. The van der Waals surface area contributed by atoms with Crippen molar-refractivity contribution in [2.75, 3.05) is 19.6 Å². The third-order valence-electron chi connectivity index (χ3n) is 3.00. The Morgan fingerprint density at radius 2 is 1.94 bits per heavy atom. The summed E-state index contributed by atoms with van der Waals surface area (Å²) in [7, 11) is 0. The minimum absolute atomic E-state index is 0.298. The van der Waals surface area contributed by atoms with Crippen LogP contribution in [0.4, 0.5) is 0 Å². The molecule has 0 amide bonds. The quantitative estimate of drug-likeness (QED) is 0.711. The van der Waals surface area contributed by atoms with Crippen molar-refractivity contribution >= 4 is 0 Å². The van der Waals surface area contributed by atoms with Gasteiger partial charge in [-0.2, -0.15) is 0 Å². The fourth-order valence-electron chi connectivity index (χ4n) is 2.09. The molecule has 4 heteroatoms. The molecule has 0 bridgehead atoms. The van der Waals surface area contributed by atoms with E-state index in [-0.39, 0.29) is 5.60 Å². The van der Waals surface area contributed by atoms with Gasteiger partial charge in [0.25, 0.3) is 0 Å². The maximum Gasteiger partial charge on any atom is 0.216 e. The molecule has 1 saturated heterocycles. The van der Waals surface area contributed by atoms with Gasteiger partial charge in [0, 0.05) is 13.1 Å². The number of aliphatic hydroxyl groups excluding tert-OH is 1. The number of aliphatic hydroxyl groups is 1. The van der Waals surface area contributed by atoms with Crippen molar-refractivity contribution in [1.82, 2.24) is 4.90 Å². The van der Waals surface area contributed by atoms with Gasteiger partial charge >= 0.3 is 0 Å². The summed E-state index contributed by atoms with van der Waals surface area (Å²) in [6, 6.07) is 0. The monoisotopic (exact) mass is 230 g/mol. The van der Waals surface area contributed by atoms with Crippen LogP contribution in [0.5, 0.6) is 0 Å². The number of nitrogens with two attached hydrogens (primary N) is 1. The number of likely N-dealkylation sites (tertiary alicyclic amines) is 1. The van der Waals surface area contributed by atoms with Crippen LogP contribution in [0.3, 0.4) is 0 Å². The first-order chi connectivity index (χ1) is 7.42. The number of piperidine rings is 1. The highest BCUT2D eigenvalue weighted by molar-refractivity contribution is 4.73. The molecule has 1 aliphatic rings. The Bertz CT molecular complexity index is 196. The summed E-state index contributed by atoms with van der Waals surface area (Å²) >= 11 is 0. The van der Waals surface area contributed by atoms with Gasteiger partial charge in [-0.05, 0) is 52.5 Å². The summed E-state index contributed by atoms with van der Waals surface area (Å²) in [5.41, 5.74) is 5.25. The van der Waals surface area contributed by atoms with Crippen molar-refractivity contribution in [2.45, 2.75) is 52.0 Å². The third kappa shape index (κ3) is 4.78. The predicted molar refractivity (Wildman–Crippen MR) is 64.8 cm³/mol. The summed E-state index contributed by atoms with van der Waals surface area (Å²) in [4.78, 5) is 2.00. The Balaban J connectivity index is 2.30. The van der Waals surface area contributed by atoms with Crippen LogP contribution in [-0.4, -0.2) is 41.7 Å². The Kier molecular flexibility index (Phi) is 5.18. The van der Waals surface area contributed by atoms with Crippen LogP contribution >= 0.6 is 0 Å². The second-order valence-corrected chi connectivity index (χ2v) is 5.61. The summed E-state index contributed by atoms with van der Waals surface area (Å²) < 4.78 is 5.53. The van der Waals surface area contributed by atoms with Crippen LogP contribution in [0.1, 0.15) is 40.0 Å². The van der Waals surface area contributed by atoms with Crippen molar-refractivity contribution in [3.8, 4) is 0 Å². The van der Waals surface area contributed by atoms with Gasteiger partial charge < -0.3 is 15.6 Å². The van der Waals surface area contributed by atoms with Gasteiger partial charge in [-0.3, -0.25) is 4.90 Å². The van der Waals surface area contributed by atoms with E-state index in [0.29, 0.717) is 0 Å². The van der Waals surface area contributed by atoms with Crippen LogP contribution in [0.2, 0.25) is 0 Å². The van der Waals surface area contributed by atoms with Crippen molar-refractivity contribution in [3.05, 3.63) is 0 Å². The molecule has 0 aromatic rings. The average Bonchev–Trinajstić information content (AvgIpc) is 2.16. The molecule has 0 saturated carbocycles. The third-order valence-corrected chi connectivity index (χ3v) is 3.00. The lowest BCUT2D eigenvalue weighted by Gasteiger charge is -2.37. The Hall–Kier alpha value is -0.160. The van der Waals surface area contributed by atoms with Crippen molar-refractivity contribution in [1.29, 1.82) is 0 Å². The van der Waals surface area contributed by atoms with E-state index < -0.39 is 6.41 Å². The van der Waals surface area contributed by atoms with Crippen LogP contribution in [0.15, 0.2) is 0 Å². The lowest BCUT2D eigenvalue weighted by Crippen LogP contribution is -2.45. The maximum atomic E-state index is 9.90. The van der Waals surface area contributed by atoms with Crippen molar-refractivity contribution in [3.63, 3.8) is 0 Å². The predicted octanol–water partition coefficient (Wildman–Crippen LogP) is 1.14. The van der Waals surface area contributed by atoms with E-state index in [1.807, 2.05) is 25.7 Å². The second kappa shape index (κ2) is 5.96. The molecule has 0 aliphatic carbocycles. The number of nitrogens with zero attached hydrogens (tertiary/aromatic N) is 1. The minimum atomic E-state index is -0.765. The van der Waals surface area contributed by atoms with E-state index in [1.54, 1.807) is 0 Å². The Morgan fingerprint density at radius 1 is 1.38 bits per heavy atom. The first kappa shape index (κ1) is 13.9. The first-order valence-electron chi connectivity index (χ1n) is 6.22. The molecule has 1 atom stereocenters. The van der Waals surface area contributed by atoms with E-state index in [4.69, 9.17) is 10.5 Å². The zero-order chi connectivity index (χ0) is 12.2. The van der Waals surface area contributed by atoms with Crippen LogP contribution in [0, 0.1) is 5.92 Å². The molecule has 1 rings (SSSR count). The smallest absolute Gasteiger partial charge is 0.216 e. The molecule has 1 fully saturated rings. The molecule has 1 heterocycles. The van der Waals surface area contributed by atoms with E-state index in [2.05, 4.69) is 0 Å². The summed E-state index contributed by atoms with van der Waals surface area (Å²) in [6.07, 6.45) is 2.56. The number of rotatable bonds is 4. The van der Waals surface area contributed by atoms with Gasteiger partial charge in [0.15, 0.2) is 0 Å². The maximum absolute atomic E-state index is 9.90. The lowest BCUT2D eigenvalue weighted by molar-refractivity contribution is -0.243. The molecule has 1 unspecified atom stereocenters. The van der Waals surface area contributed by atoms with Crippen LogP contribution in [0.25, 0.3) is 0 Å². The largest absolute Gasteiger partial charge is 0.356 e. The number of ether oxygens (including phenoxy) is 1. The van der Waals surface area contributed by atoms with Gasteiger partial charge in [-0.15, -0.1) is 0 Å². The molecule has 0 aromatic carbocycles. The molecular weight excluding hydrogens is 204 g/mol. The van der Waals surface area contributed by atoms with Crippen molar-refractivity contribution in [2.24, 2.45) is 11.7 Å². The van der Waals surface area contributed by atoms with Crippen molar-refractivity contribution < 1.29 is 9.84 Å². The molecular formula is C12H26N2O2. The zero-order valence-corrected chi connectivity index (χ0v) is 10.8. The highest BCUT2D eigenvalue weighted by atomic mass is 16.6. The van der Waals surface area contributed by atoms with E-state index in [9.17, 15) is 5.11 Å². The molecule has 1 aliphatic heterocycles. The normalized spacial score (nSPS) is 22.3. The highest BCUT2D eigenvalue weighted by Crippen LogP contribution is 2.22. The fraction of sp³-hybridized carbons (Fsp3) is 1.00. The highest BCUT2D eigenvalue weighted by Gasteiger charge is 2.26. The standard InChI is InChI=1S/C12H26N2O2/c1-12(2,3)16-11(15)14-8-5-10(4-7-13)6-9-14/h10-11,15H,4-9,13H2,1-3H3. The van der Waals surface area contributed by atoms with Crippen LogP contribution < -0.4 is 5.73 Å². The van der Waals surface area contributed by atoms with E-state index >= 15 is 0 Å². The van der Waals surface area contributed by atoms with Gasteiger partial charge in [0.05, 0.1) is 5.60 Å². The van der Waals surface area contributed by atoms with Crippen LogP contribution in [-0.2, 0) is 4.74 Å². The van der Waals surface area contributed by atoms with E-state index in [1.165, 1.54) is 0 Å². The van der Waals surface area contributed by atoms with E-state index in [0.717, 1.165) is 44.8 Å². The topological polar surface area (TPSA) is 58.7 Å². The Morgan fingerprint density at radius 3 is 2.38 bits per heavy atom. The lowest BCUT2D eigenvalue weighted by atomic mass is 9.94. The number of hydrogen-bond acceptors (Lipinski definition) is 4. The zero-order valence-electron chi connectivity index (χ0n) is 10.8. The molecule has 16 heavy (non-hydrogen) atoms. The molecule has 0 spiro atoms. The van der Waals surface area contributed by atoms with Gasteiger partial charge in [-0.25, -0.2) is 0 Å². The summed E-state index contributed by atoms with van der Waals surface area (Å²) in [5, 5.41) is 9.90. The fourth-order valence-corrected chi connectivity index (χ4v) is 2.09. The SMILES string of the molecule is CC(C)(C)OC(O)N1CCC(CCN)CC1. The Labute approximate surface area is 98.8 Å². The minimum Gasteiger partial charge on any atom is -0.356 e. The summed E-state index contributed by atoms with van der Waals surface area (Å²) in [5.74, 6) is 0.725. The molecule has 0 radical (unpaired) electrons. The molecule has 96 valence electrons. The molecule has 3 N–H and O–H groups in total. The second-order valence-electron chi connectivity index (χ2n) is 5.61. The molecule has 0 aromatic heterocycles. The van der Waals surface area contributed by atoms with Gasteiger partial charge in [0.2, 0.25) is 6.41 Å². The average molecular weight is 230 g/mol.